The van der Waals surface area contributed by atoms with E-state index in [4.69, 9.17) is 0 Å². The molecule has 0 aliphatic carbocycles. The van der Waals surface area contributed by atoms with Crippen LogP contribution in [0.3, 0.4) is 0 Å². The molecule has 0 aliphatic heterocycles. The van der Waals surface area contributed by atoms with Crippen molar-refractivity contribution in [3.63, 3.8) is 0 Å². The highest BCUT2D eigenvalue weighted by Crippen LogP contribution is 2.11. The van der Waals surface area contributed by atoms with Crippen LogP contribution in [0.4, 0.5) is 0 Å². The number of aromatic nitrogens is 3. The smallest absolute Gasteiger partial charge is 0.156 e. The number of fused-ring (bicyclic) bond motifs is 1. The number of nitrogens with one attached hydrogen (secondary N) is 1. The molecule has 0 aromatic carbocycles. The van der Waals surface area contributed by atoms with Gasteiger partial charge in [0.25, 0.3) is 0 Å². The standard InChI is InChI=1S/C10H13N3/c1-3-7-5-9-10(12-7)13-8(4-2)6-11-9/h5-6H,3-4H2,1-2H3,(H,12,13). The number of hydrogen-bond donors (Lipinski definition) is 1. The maximum absolute atomic E-state index is 4.44. The number of aromatic amines is 1. The normalized spacial score (nSPS) is 10.9. The molecule has 2 aromatic heterocycles. The zero-order valence-corrected chi connectivity index (χ0v) is 7.96. The Balaban J connectivity index is 2.57. The summed E-state index contributed by atoms with van der Waals surface area (Å²) in [6, 6.07) is 2.06. The quantitative estimate of drug-likeness (QED) is 0.759. The fourth-order valence-electron chi connectivity index (χ4n) is 1.35. The summed E-state index contributed by atoms with van der Waals surface area (Å²) in [6.45, 7) is 4.20. The van der Waals surface area contributed by atoms with E-state index in [9.17, 15) is 0 Å². The Kier molecular flexibility index (Phi) is 2.00. The Morgan fingerprint density at radius 2 is 2.15 bits per heavy atom. The lowest BCUT2D eigenvalue weighted by atomic mass is 10.3. The summed E-state index contributed by atoms with van der Waals surface area (Å²) in [6.07, 6.45) is 3.78. The van der Waals surface area contributed by atoms with E-state index in [1.54, 1.807) is 0 Å². The number of H-pyrrole nitrogens is 1. The fraction of sp³-hybridized carbons (Fsp3) is 0.400. The van der Waals surface area contributed by atoms with E-state index >= 15 is 0 Å². The van der Waals surface area contributed by atoms with Crippen molar-refractivity contribution in [3.05, 3.63) is 23.7 Å². The Labute approximate surface area is 77.2 Å². The molecular formula is C10H13N3. The summed E-state index contributed by atoms with van der Waals surface area (Å²) >= 11 is 0. The van der Waals surface area contributed by atoms with Crippen molar-refractivity contribution in [2.45, 2.75) is 26.7 Å². The molecular weight excluding hydrogens is 162 g/mol. The summed E-state index contributed by atoms with van der Waals surface area (Å²) in [5.41, 5.74) is 4.12. The maximum Gasteiger partial charge on any atom is 0.156 e. The highest BCUT2D eigenvalue weighted by atomic mass is 14.9. The van der Waals surface area contributed by atoms with Crippen molar-refractivity contribution in [1.82, 2.24) is 15.0 Å². The molecule has 0 radical (unpaired) electrons. The molecule has 2 rings (SSSR count). The summed E-state index contributed by atoms with van der Waals surface area (Å²) in [7, 11) is 0. The van der Waals surface area contributed by atoms with E-state index in [0.717, 1.165) is 29.7 Å². The van der Waals surface area contributed by atoms with E-state index in [0.29, 0.717) is 0 Å². The van der Waals surface area contributed by atoms with Gasteiger partial charge < -0.3 is 4.98 Å². The van der Waals surface area contributed by atoms with Crippen molar-refractivity contribution in [2.24, 2.45) is 0 Å². The third kappa shape index (κ3) is 1.41. The summed E-state index contributed by atoms with van der Waals surface area (Å²) in [4.78, 5) is 12.0. The van der Waals surface area contributed by atoms with Crippen LogP contribution >= 0.6 is 0 Å². The van der Waals surface area contributed by atoms with Gasteiger partial charge in [0.2, 0.25) is 0 Å². The number of rotatable bonds is 2. The van der Waals surface area contributed by atoms with Gasteiger partial charge in [-0.05, 0) is 18.9 Å². The highest BCUT2D eigenvalue weighted by molar-refractivity contribution is 5.71. The highest BCUT2D eigenvalue weighted by Gasteiger charge is 2.01. The topological polar surface area (TPSA) is 41.6 Å². The average Bonchev–Trinajstić information content (AvgIpc) is 2.58. The molecule has 2 heterocycles. The summed E-state index contributed by atoms with van der Waals surface area (Å²) in [5.74, 6) is 0. The molecule has 0 amide bonds. The van der Waals surface area contributed by atoms with Crippen LogP contribution < -0.4 is 0 Å². The van der Waals surface area contributed by atoms with E-state index < -0.39 is 0 Å². The number of aryl methyl sites for hydroxylation is 2. The Morgan fingerprint density at radius 1 is 1.31 bits per heavy atom. The maximum atomic E-state index is 4.44. The lowest BCUT2D eigenvalue weighted by Crippen LogP contribution is -1.89. The Morgan fingerprint density at radius 3 is 2.85 bits per heavy atom. The van der Waals surface area contributed by atoms with Crippen molar-refractivity contribution in [2.75, 3.05) is 0 Å². The summed E-state index contributed by atoms with van der Waals surface area (Å²) in [5, 5.41) is 0. The van der Waals surface area contributed by atoms with E-state index in [2.05, 4.69) is 34.9 Å². The number of nitrogens with zero attached hydrogens (tertiary/aromatic N) is 2. The second kappa shape index (κ2) is 3.17. The lowest BCUT2D eigenvalue weighted by molar-refractivity contribution is 1.02. The lowest BCUT2D eigenvalue weighted by Gasteiger charge is -1.93. The second-order valence-electron chi connectivity index (χ2n) is 3.10. The molecule has 1 N–H and O–H groups in total. The van der Waals surface area contributed by atoms with Gasteiger partial charge in [-0.25, -0.2) is 4.98 Å². The molecule has 0 fully saturated rings. The third-order valence-electron chi connectivity index (χ3n) is 2.18. The van der Waals surface area contributed by atoms with Crippen molar-refractivity contribution < 1.29 is 0 Å². The molecule has 0 saturated carbocycles. The van der Waals surface area contributed by atoms with Crippen LogP contribution in [-0.2, 0) is 12.8 Å². The van der Waals surface area contributed by atoms with Gasteiger partial charge in [-0.2, -0.15) is 0 Å². The first-order valence-corrected chi connectivity index (χ1v) is 4.67. The third-order valence-corrected chi connectivity index (χ3v) is 2.18. The molecule has 3 heteroatoms. The van der Waals surface area contributed by atoms with Gasteiger partial charge in [-0.3, -0.25) is 4.98 Å². The predicted octanol–water partition coefficient (Wildman–Crippen LogP) is 2.08. The van der Waals surface area contributed by atoms with Crippen LogP contribution in [0.1, 0.15) is 25.2 Å². The van der Waals surface area contributed by atoms with Gasteiger partial charge >= 0.3 is 0 Å². The number of hydrogen-bond acceptors (Lipinski definition) is 2. The predicted molar refractivity (Wildman–Crippen MR) is 52.6 cm³/mol. The van der Waals surface area contributed by atoms with Gasteiger partial charge in [0.1, 0.15) is 5.52 Å². The van der Waals surface area contributed by atoms with Gasteiger partial charge in [0.15, 0.2) is 5.65 Å². The molecule has 0 aliphatic rings. The van der Waals surface area contributed by atoms with Crippen molar-refractivity contribution in [1.29, 1.82) is 0 Å². The van der Waals surface area contributed by atoms with Crippen LogP contribution in [0.15, 0.2) is 12.3 Å². The zero-order valence-electron chi connectivity index (χ0n) is 7.96. The largest absolute Gasteiger partial charge is 0.342 e. The molecule has 0 saturated heterocycles. The Hall–Kier alpha value is -1.38. The first kappa shape index (κ1) is 8.23. The first-order chi connectivity index (χ1) is 6.33. The van der Waals surface area contributed by atoms with Gasteiger partial charge in [0, 0.05) is 11.9 Å². The van der Waals surface area contributed by atoms with E-state index in [-0.39, 0.29) is 0 Å². The first-order valence-electron chi connectivity index (χ1n) is 4.67. The van der Waals surface area contributed by atoms with Gasteiger partial charge in [0.05, 0.1) is 5.69 Å². The van der Waals surface area contributed by atoms with Crippen molar-refractivity contribution in [3.8, 4) is 0 Å². The summed E-state index contributed by atoms with van der Waals surface area (Å²) < 4.78 is 0. The minimum atomic E-state index is 0.913. The van der Waals surface area contributed by atoms with E-state index in [1.807, 2.05) is 6.20 Å². The van der Waals surface area contributed by atoms with Crippen LogP contribution in [0.2, 0.25) is 0 Å². The molecule has 13 heavy (non-hydrogen) atoms. The molecule has 3 nitrogen and oxygen atoms in total. The van der Waals surface area contributed by atoms with Crippen LogP contribution in [0.25, 0.3) is 11.2 Å². The molecule has 0 atom stereocenters. The zero-order chi connectivity index (χ0) is 9.26. The fourth-order valence-corrected chi connectivity index (χ4v) is 1.35. The molecule has 0 bridgehead atoms. The Bertz CT molecular complexity index is 415. The minimum absolute atomic E-state index is 0.913. The molecule has 2 aromatic rings. The van der Waals surface area contributed by atoms with Crippen LogP contribution in [0, 0.1) is 0 Å². The molecule has 68 valence electrons. The molecule has 0 unspecified atom stereocenters. The monoisotopic (exact) mass is 175 g/mol. The second-order valence-corrected chi connectivity index (χ2v) is 3.10. The van der Waals surface area contributed by atoms with E-state index in [1.165, 1.54) is 5.69 Å². The average molecular weight is 175 g/mol. The molecule has 0 spiro atoms. The SMILES string of the molecule is CCc1cnc2cc(CC)[nH]c2n1. The minimum Gasteiger partial charge on any atom is -0.342 e. The van der Waals surface area contributed by atoms with Gasteiger partial charge in [-0.1, -0.05) is 13.8 Å². The van der Waals surface area contributed by atoms with Crippen LogP contribution in [0.5, 0.6) is 0 Å². The van der Waals surface area contributed by atoms with Gasteiger partial charge in [-0.15, -0.1) is 0 Å². The van der Waals surface area contributed by atoms with Crippen molar-refractivity contribution >= 4 is 11.2 Å². The van der Waals surface area contributed by atoms with Crippen LogP contribution in [-0.4, -0.2) is 15.0 Å².